The van der Waals surface area contributed by atoms with Gasteiger partial charge in [0.2, 0.25) is 11.8 Å². The molecule has 2 aliphatic carbocycles. The van der Waals surface area contributed by atoms with Crippen molar-refractivity contribution >= 4 is 29.4 Å². The first-order chi connectivity index (χ1) is 14.0. The number of carbonyl (C=O) groups is 4. The minimum atomic E-state index is -0.791. The summed E-state index contributed by atoms with van der Waals surface area (Å²) in [5.41, 5.74) is 0.469. The summed E-state index contributed by atoms with van der Waals surface area (Å²) in [4.78, 5) is 50.3. The molecule has 1 aromatic carbocycles. The fourth-order valence-corrected chi connectivity index (χ4v) is 4.48. The third-order valence-corrected chi connectivity index (χ3v) is 5.67. The molecule has 29 heavy (non-hydrogen) atoms. The number of imide groups is 1. The molecule has 1 aromatic rings. The Balaban J connectivity index is 1.29. The zero-order valence-corrected chi connectivity index (χ0v) is 16.0. The third kappa shape index (κ3) is 3.50. The maximum Gasteiger partial charge on any atom is 0.326 e. The number of esters is 1. The van der Waals surface area contributed by atoms with Crippen LogP contribution in [0.25, 0.3) is 0 Å². The Morgan fingerprint density at radius 2 is 1.76 bits per heavy atom. The Morgan fingerprint density at radius 3 is 2.41 bits per heavy atom. The maximum absolute atomic E-state index is 12.6. The number of nitrogens with zero attached hydrogens (tertiary/aromatic N) is 1. The Hall–Kier alpha value is -3.16. The van der Waals surface area contributed by atoms with Crippen molar-refractivity contribution in [1.82, 2.24) is 4.90 Å². The quantitative estimate of drug-likeness (QED) is 0.423. The van der Waals surface area contributed by atoms with Crippen molar-refractivity contribution in [2.75, 3.05) is 25.1 Å². The van der Waals surface area contributed by atoms with Gasteiger partial charge in [-0.05, 0) is 37.3 Å². The van der Waals surface area contributed by atoms with Gasteiger partial charge in [0, 0.05) is 0 Å². The molecule has 1 heterocycles. The molecule has 1 saturated carbocycles. The van der Waals surface area contributed by atoms with Gasteiger partial charge in [0.25, 0.3) is 5.91 Å². The van der Waals surface area contributed by atoms with Crippen molar-refractivity contribution in [2.45, 2.75) is 13.3 Å². The Labute approximate surface area is 167 Å². The number of fused-ring (bicyclic) bond motifs is 5. The van der Waals surface area contributed by atoms with E-state index in [-0.39, 0.29) is 35.5 Å². The molecular weight excluding hydrogens is 376 g/mol. The standard InChI is InChI=1S/C21H22N2O6/c1-2-28-15-6-4-3-5-14(15)22-16(24)11-29-17(25)10-23-20(26)18-12-7-8-13(9-12)19(18)21(23)27/h3-8,12-13,18-19H,2,9-11H2,1H3,(H,22,24)/t12-,13-,18-,19+/m0/s1. The lowest BCUT2D eigenvalue weighted by atomic mass is 9.85. The molecular formula is C21H22N2O6. The number of anilines is 1. The number of benzene rings is 1. The Morgan fingerprint density at radius 1 is 1.10 bits per heavy atom. The number of rotatable bonds is 7. The summed E-state index contributed by atoms with van der Waals surface area (Å²) < 4.78 is 10.4. The monoisotopic (exact) mass is 398 g/mol. The van der Waals surface area contributed by atoms with E-state index in [1.165, 1.54) is 0 Å². The molecule has 8 nitrogen and oxygen atoms in total. The molecule has 0 spiro atoms. The number of nitrogens with one attached hydrogen (secondary N) is 1. The highest BCUT2D eigenvalue weighted by molar-refractivity contribution is 6.08. The van der Waals surface area contributed by atoms with Gasteiger partial charge < -0.3 is 14.8 Å². The molecule has 1 aliphatic heterocycles. The maximum atomic E-state index is 12.6. The van der Waals surface area contributed by atoms with Gasteiger partial charge in [-0.15, -0.1) is 0 Å². The smallest absolute Gasteiger partial charge is 0.326 e. The van der Waals surface area contributed by atoms with Crippen LogP contribution in [0.15, 0.2) is 36.4 Å². The van der Waals surface area contributed by atoms with Crippen LogP contribution in [-0.4, -0.2) is 48.3 Å². The summed E-state index contributed by atoms with van der Waals surface area (Å²) >= 11 is 0. The van der Waals surface area contributed by atoms with Gasteiger partial charge in [-0.25, -0.2) is 0 Å². The predicted molar refractivity (Wildman–Crippen MR) is 102 cm³/mol. The van der Waals surface area contributed by atoms with Crippen molar-refractivity contribution < 1.29 is 28.7 Å². The fraction of sp³-hybridized carbons (Fsp3) is 0.429. The zero-order valence-electron chi connectivity index (χ0n) is 16.0. The number of allylic oxidation sites excluding steroid dienone is 2. The van der Waals surface area contributed by atoms with Gasteiger partial charge >= 0.3 is 5.97 Å². The van der Waals surface area contributed by atoms with Gasteiger partial charge in [-0.3, -0.25) is 24.1 Å². The van der Waals surface area contributed by atoms with E-state index < -0.39 is 25.0 Å². The van der Waals surface area contributed by atoms with E-state index in [9.17, 15) is 19.2 Å². The summed E-state index contributed by atoms with van der Waals surface area (Å²) in [6.45, 7) is 1.29. The van der Waals surface area contributed by atoms with Crippen LogP contribution in [0.2, 0.25) is 0 Å². The normalized spacial score (nSPS) is 26.6. The van der Waals surface area contributed by atoms with Gasteiger partial charge in [-0.1, -0.05) is 24.3 Å². The van der Waals surface area contributed by atoms with Crippen LogP contribution in [0.4, 0.5) is 5.69 Å². The number of para-hydroxylation sites is 2. The van der Waals surface area contributed by atoms with E-state index in [1.54, 1.807) is 24.3 Å². The number of carbonyl (C=O) groups excluding carboxylic acids is 4. The third-order valence-electron chi connectivity index (χ3n) is 5.67. The second-order valence-electron chi connectivity index (χ2n) is 7.40. The van der Waals surface area contributed by atoms with Crippen LogP contribution in [0.3, 0.4) is 0 Å². The number of amides is 3. The van der Waals surface area contributed by atoms with Gasteiger partial charge in [0.05, 0.1) is 24.1 Å². The molecule has 1 N–H and O–H groups in total. The van der Waals surface area contributed by atoms with Crippen LogP contribution < -0.4 is 10.1 Å². The highest BCUT2D eigenvalue weighted by atomic mass is 16.5. The lowest BCUT2D eigenvalue weighted by Crippen LogP contribution is -2.38. The molecule has 1 saturated heterocycles. The summed E-state index contributed by atoms with van der Waals surface area (Å²) in [7, 11) is 0. The van der Waals surface area contributed by atoms with Crippen molar-refractivity contribution in [3.05, 3.63) is 36.4 Å². The van der Waals surface area contributed by atoms with E-state index in [0.717, 1.165) is 11.3 Å². The van der Waals surface area contributed by atoms with E-state index in [1.807, 2.05) is 19.1 Å². The topological polar surface area (TPSA) is 102 Å². The number of hydrogen-bond acceptors (Lipinski definition) is 6. The first-order valence-corrected chi connectivity index (χ1v) is 9.70. The molecule has 4 rings (SSSR count). The lowest BCUT2D eigenvalue weighted by molar-refractivity contribution is -0.154. The second kappa shape index (κ2) is 7.69. The molecule has 4 atom stereocenters. The van der Waals surface area contributed by atoms with Crippen LogP contribution in [0.1, 0.15) is 13.3 Å². The number of ether oxygens (including phenoxy) is 2. The molecule has 2 bridgehead atoms. The Kier molecular flexibility index (Phi) is 5.08. The molecule has 0 aromatic heterocycles. The van der Waals surface area contributed by atoms with Crippen LogP contribution >= 0.6 is 0 Å². The average molecular weight is 398 g/mol. The fourth-order valence-electron chi connectivity index (χ4n) is 4.48. The Bertz CT molecular complexity index is 865. The SMILES string of the molecule is CCOc1ccccc1NC(=O)COC(=O)CN1C(=O)[C@@H]2[C@H](C1=O)[C@H]1C=C[C@H]2C1. The first kappa shape index (κ1) is 19.2. The van der Waals surface area contributed by atoms with Crippen molar-refractivity contribution in [1.29, 1.82) is 0 Å². The van der Waals surface area contributed by atoms with Crippen molar-refractivity contribution in [2.24, 2.45) is 23.7 Å². The van der Waals surface area contributed by atoms with Gasteiger partial charge in [0.1, 0.15) is 12.3 Å². The van der Waals surface area contributed by atoms with E-state index in [4.69, 9.17) is 9.47 Å². The van der Waals surface area contributed by atoms with Crippen LogP contribution in [0, 0.1) is 23.7 Å². The number of likely N-dealkylation sites (tertiary alicyclic amines) is 1. The van der Waals surface area contributed by atoms with E-state index in [0.29, 0.717) is 18.0 Å². The molecule has 3 amide bonds. The van der Waals surface area contributed by atoms with Crippen LogP contribution in [-0.2, 0) is 23.9 Å². The largest absolute Gasteiger partial charge is 0.492 e. The van der Waals surface area contributed by atoms with E-state index >= 15 is 0 Å². The molecule has 2 fully saturated rings. The summed E-state index contributed by atoms with van der Waals surface area (Å²) in [6.07, 6.45) is 4.81. The van der Waals surface area contributed by atoms with Gasteiger partial charge in [-0.2, -0.15) is 0 Å². The van der Waals surface area contributed by atoms with Crippen molar-refractivity contribution in [3.8, 4) is 5.75 Å². The minimum absolute atomic E-state index is 0.0821. The zero-order chi connectivity index (χ0) is 20.5. The summed E-state index contributed by atoms with van der Waals surface area (Å²) in [5.74, 6) is -2.00. The summed E-state index contributed by atoms with van der Waals surface area (Å²) in [5, 5.41) is 2.62. The number of hydrogen-bond donors (Lipinski definition) is 1. The minimum Gasteiger partial charge on any atom is -0.492 e. The highest BCUT2D eigenvalue weighted by Gasteiger charge is 2.59. The molecule has 3 aliphatic rings. The molecule has 152 valence electrons. The molecule has 0 unspecified atom stereocenters. The summed E-state index contributed by atoms with van der Waals surface area (Å²) in [6, 6.07) is 6.91. The second-order valence-corrected chi connectivity index (χ2v) is 7.40. The van der Waals surface area contributed by atoms with Gasteiger partial charge in [0.15, 0.2) is 6.61 Å². The first-order valence-electron chi connectivity index (χ1n) is 9.70. The molecule has 0 radical (unpaired) electrons. The average Bonchev–Trinajstić information content (AvgIpc) is 3.38. The molecule has 8 heteroatoms. The van der Waals surface area contributed by atoms with Crippen LogP contribution in [0.5, 0.6) is 5.75 Å². The predicted octanol–water partition coefficient (Wildman–Crippen LogP) is 1.37. The van der Waals surface area contributed by atoms with E-state index in [2.05, 4.69) is 5.32 Å². The lowest BCUT2D eigenvalue weighted by Gasteiger charge is -2.16. The highest BCUT2D eigenvalue weighted by Crippen LogP contribution is 2.52. The van der Waals surface area contributed by atoms with Crippen molar-refractivity contribution in [3.63, 3.8) is 0 Å².